The normalized spacial score (nSPS) is 11.7. The molecular formula is C49H30N4O. The third-order valence-corrected chi connectivity index (χ3v) is 10.4. The Morgan fingerprint density at radius 1 is 0.389 bits per heavy atom. The second kappa shape index (κ2) is 12.1. The molecule has 11 rings (SSSR count). The Morgan fingerprint density at radius 2 is 1.00 bits per heavy atom. The zero-order chi connectivity index (χ0) is 35.6. The maximum atomic E-state index is 6.70. The highest BCUT2D eigenvalue weighted by Crippen LogP contribution is 2.44. The molecule has 11 aromatic rings. The number of nitrogens with zero attached hydrogens (tertiary/aromatic N) is 4. The van der Waals surface area contributed by atoms with Crippen LogP contribution in [-0.4, -0.2) is 19.5 Å². The summed E-state index contributed by atoms with van der Waals surface area (Å²) in [5, 5.41) is 6.72. The third-order valence-electron chi connectivity index (χ3n) is 10.4. The Hall–Kier alpha value is -7.37. The fourth-order valence-electron chi connectivity index (χ4n) is 8.03. The van der Waals surface area contributed by atoms with Gasteiger partial charge in [0, 0.05) is 49.7 Å². The second-order valence-electron chi connectivity index (χ2n) is 13.6. The molecule has 0 aliphatic heterocycles. The summed E-state index contributed by atoms with van der Waals surface area (Å²) < 4.78 is 9.10. The number of fused-ring (bicyclic) bond motifs is 8. The highest BCUT2D eigenvalue weighted by molar-refractivity contribution is 6.23. The number of rotatable bonds is 5. The molecule has 0 aliphatic carbocycles. The lowest BCUT2D eigenvalue weighted by molar-refractivity contribution is 0.668. The number of hydrogen-bond donors (Lipinski definition) is 0. The highest BCUT2D eigenvalue weighted by Gasteiger charge is 2.23. The van der Waals surface area contributed by atoms with Crippen LogP contribution in [0, 0.1) is 0 Å². The molecule has 5 heteroatoms. The van der Waals surface area contributed by atoms with Gasteiger partial charge in [-0.25, -0.2) is 15.0 Å². The molecule has 5 nitrogen and oxygen atoms in total. The fourth-order valence-corrected chi connectivity index (χ4v) is 8.03. The quantitative estimate of drug-likeness (QED) is 0.180. The van der Waals surface area contributed by atoms with Gasteiger partial charge in [0.05, 0.1) is 16.7 Å². The smallest absolute Gasteiger partial charge is 0.164 e. The average Bonchev–Trinajstić information content (AvgIpc) is 3.80. The van der Waals surface area contributed by atoms with Crippen molar-refractivity contribution in [3.8, 4) is 51.0 Å². The summed E-state index contributed by atoms with van der Waals surface area (Å²) >= 11 is 0. The SMILES string of the molecule is c1ccc(-c2nc(-c3ccccc3)nc(-c3cc(-n4c5cccc(-c6ccccc6)c5c5ccc6ccccc6c54)cc4oc5ccccc5c34)n2)cc1. The number of benzene rings is 8. The molecule has 3 aromatic heterocycles. The van der Waals surface area contributed by atoms with Crippen molar-refractivity contribution in [1.82, 2.24) is 19.5 Å². The van der Waals surface area contributed by atoms with Crippen LogP contribution < -0.4 is 0 Å². The lowest BCUT2D eigenvalue weighted by Gasteiger charge is -2.14. The van der Waals surface area contributed by atoms with E-state index in [0.29, 0.717) is 17.5 Å². The summed E-state index contributed by atoms with van der Waals surface area (Å²) in [6.45, 7) is 0. The molecule has 8 aromatic carbocycles. The molecule has 0 spiro atoms. The first-order chi connectivity index (χ1) is 26.8. The molecule has 0 amide bonds. The second-order valence-corrected chi connectivity index (χ2v) is 13.6. The van der Waals surface area contributed by atoms with Gasteiger partial charge < -0.3 is 8.98 Å². The number of para-hydroxylation sites is 1. The minimum atomic E-state index is 0.580. The standard InChI is InChI=1S/C49H30N4O/c1-4-15-31(16-5-1)36-24-14-25-41-44(36)39-28-27-32-17-10-11-22-37(32)46(39)53(41)35-29-40(45-38-23-12-13-26-42(38)54-43(45)30-35)49-51-47(33-18-6-2-7-19-33)50-48(52-49)34-20-8-3-9-21-34/h1-30H. The van der Waals surface area contributed by atoms with Gasteiger partial charge in [0.2, 0.25) is 0 Å². The lowest BCUT2D eigenvalue weighted by atomic mass is 9.98. The summed E-state index contributed by atoms with van der Waals surface area (Å²) in [4.78, 5) is 15.4. The molecule has 0 unspecified atom stereocenters. The van der Waals surface area contributed by atoms with E-state index in [2.05, 4.69) is 114 Å². The van der Waals surface area contributed by atoms with Crippen molar-refractivity contribution in [2.75, 3.05) is 0 Å². The van der Waals surface area contributed by atoms with Crippen molar-refractivity contribution in [3.05, 3.63) is 182 Å². The van der Waals surface area contributed by atoms with E-state index < -0.39 is 0 Å². The van der Waals surface area contributed by atoms with Gasteiger partial charge in [-0.05, 0) is 34.7 Å². The lowest BCUT2D eigenvalue weighted by Crippen LogP contribution is -2.01. The van der Waals surface area contributed by atoms with Crippen molar-refractivity contribution < 1.29 is 4.42 Å². The molecule has 0 atom stereocenters. The van der Waals surface area contributed by atoms with Crippen molar-refractivity contribution in [1.29, 1.82) is 0 Å². The van der Waals surface area contributed by atoms with Gasteiger partial charge in [-0.1, -0.05) is 158 Å². The summed E-state index contributed by atoms with van der Waals surface area (Å²) in [6.07, 6.45) is 0. The van der Waals surface area contributed by atoms with E-state index >= 15 is 0 Å². The van der Waals surface area contributed by atoms with Gasteiger partial charge in [0.15, 0.2) is 17.5 Å². The highest BCUT2D eigenvalue weighted by atomic mass is 16.3. The van der Waals surface area contributed by atoms with E-state index in [-0.39, 0.29) is 0 Å². The van der Waals surface area contributed by atoms with Gasteiger partial charge >= 0.3 is 0 Å². The van der Waals surface area contributed by atoms with Gasteiger partial charge in [-0.15, -0.1) is 0 Å². The van der Waals surface area contributed by atoms with E-state index in [0.717, 1.165) is 55.3 Å². The fraction of sp³-hybridized carbons (Fsp3) is 0. The first-order valence-corrected chi connectivity index (χ1v) is 18.1. The van der Waals surface area contributed by atoms with Crippen molar-refractivity contribution in [3.63, 3.8) is 0 Å². The summed E-state index contributed by atoms with van der Waals surface area (Å²) in [5.74, 6) is 1.80. The molecule has 252 valence electrons. The molecule has 0 fully saturated rings. The van der Waals surface area contributed by atoms with Crippen LogP contribution >= 0.6 is 0 Å². The van der Waals surface area contributed by atoms with Crippen LogP contribution in [0.15, 0.2) is 186 Å². The Kier molecular flexibility index (Phi) is 6.79. The Bertz CT molecular complexity index is 3140. The molecule has 0 radical (unpaired) electrons. The van der Waals surface area contributed by atoms with Crippen molar-refractivity contribution in [2.45, 2.75) is 0 Å². The van der Waals surface area contributed by atoms with Gasteiger partial charge in [-0.2, -0.15) is 0 Å². The van der Waals surface area contributed by atoms with Crippen LogP contribution in [0.3, 0.4) is 0 Å². The first kappa shape index (κ1) is 30.3. The van der Waals surface area contributed by atoms with Crippen LogP contribution in [0.1, 0.15) is 0 Å². The topological polar surface area (TPSA) is 56.7 Å². The molecule has 0 aliphatic rings. The average molecular weight is 691 g/mol. The zero-order valence-corrected chi connectivity index (χ0v) is 29.0. The Morgan fingerprint density at radius 3 is 1.72 bits per heavy atom. The number of hydrogen-bond acceptors (Lipinski definition) is 4. The molecule has 54 heavy (non-hydrogen) atoms. The van der Waals surface area contributed by atoms with Crippen LogP contribution in [-0.2, 0) is 0 Å². The monoisotopic (exact) mass is 690 g/mol. The number of aromatic nitrogens is 4. The van der Waals surface area contributed by atoms with Crippen molar-refractivity contribution in [2.24, 2.45) is 0 Å². The van der Waals surface area contributed by atoms with E-state index in [4.69, 9.17) is 19.4 Å². The van der Waals surface area contributed by atoms with Gasteiger partial charge in [0.1, 0.15) is 11.2 Å². The number of furan rings is 1. The molecule has 0 saturated heterocycles. The summed E-state index contributed by atoms with van der Waals surface area (Å²) in [7, 11) is 0. The minimum absolute atomic E-state index is 0.580. The van der Waals surface area contributed by atoms with E-state index in [9.17, 15) is 0 Å². The van der Waals surface area contributed by atoms with Gasteiger partial charge in [0.25, 0.3) is 0 Å². The molecular weight excluding hydrogens is 661 g/mol. The minimum Gasteiger partial charge on any atom is -0.456 e. The molecule has 0 saturated carbocycles. The maximum absolute atomic E-state index is 6.70. The Labute approximate surface area is 310 Å². The predicted molar refractivity (Wildman–Crippen MR) is 221 cm³/mol. The van der Waals surface area contributed by atoms with E-state index in [1.807, 2.05) is 72.8 Å². The van der Waals surface area contributed by atoms with Crippen LogP contribution in [0.2, 0.25) is 0 Å². The van der Waals surface area contributed by atoms with E-state index in [1.165, 1.54) is 32.7 Å². The molecule has 3 heterocycles. The molecule has 0 bridgehead atoms. The predicted octanol–water partition coefficient (Wildman–Crippen LogP) is 12.7. The van der Waals surface area contributed by atoms with Crippen LogP contribution in [0.4, 0.5) is 0 Å². The summed E-state index contributed by atoms with van der Waals surface area (Å²) in [5.41, 5.74) is 9.86. The van der Waals surface area contributed by atoms with E-state index in [1.54, 1.807) is 0 Å². The van der Waals surface area contributed by atoms with Crippen LogP contribution in [0.5, 0.6) is 0 Å². The maximum Gasteiger partial charge on any atom is 0.164 e. The third kappa shape index (κ3) is 4.76. The zero-order valence-electron chi connectivity index (χ0n) is 29.0. The Balaban J connectivity index is 1.28. The van der Waals surface area contributed by atoms with Crippen LogP contribution in [0.25, 0.3) is 105 Å². The summed E-state index contributed by atoms with van der Waals surface area (Å²) in [6, 6.07) is 63.2. The van der Waals surface area contributed by atoms with Gasteiger partial charge in [-0.3, -0.25) is 0 Å². The molecule has 0 N–H and O–H groups in total. The van der Waals surface area contributed by atoms with Crippen molar-refractivity contribution >= 4 is 54.5 Å². The largest absolute Gasteiger partial charge is 0.456 e. The first-order valence-electron chi connectivity index (χ1n) is 18.1.